The van der Waals surface area contributed by atoms with Crippen LogP contribution in [0.1, 0.15) is 24.4 Å². The molecule has 4 heteroatoms. The van der Waals surface area contributed by atoms with Crippen molar-refractivity contribution in [2.45, 2.75) is 25.0 Å². The van der Waals surface area contributed by atoms with E-state index in [1.807, 2.05) is 12.1 Å². The SMILES string of the molecule is COc1ccc(C(CN)NCC2CCCO2)cc1. The molecule has 100 valence electrons. The van der Waals surface area contributed by atoms with Crippen LogP contribution in [0.5, 0.6) is 5.75 Å². The molecule has 3 N–H and O–H groups in total. The lowest BCUT2D eigenvalue weighted by Crippen LogP contribution is -2.34. The molecule has 4 nitrogen and oxygen atoms in total. The van der Waals surface area contributed by atoms with Gasteiger partial charge in [-0.3, -0.25) is 0 Å². The molecule has 0 radical (unpaired) electrons. The first-order valence-electron chi connectivity index (χ1n) is 6.52. The van der Waals surface area contributed by atoms with Crippen LogP contribution < -0.4 is 15.8 Å². The highest BCUT2D eigenvalue weighted by atomic mass is 16.5. The first-order chi connectivity index (χ1) is 8.83. The fourth-order valence-corrected chi connectivity index (χ4v) is 2.25. The molecule has 2 rings (SSSR count). The second-order valence-corrected chi connectivity index (χ2v) is 4.60. The Bertz CT molecular complexity index is 347. The van der Waals surface area contributed by atoms with Crippen molar-refractivity contribution in [3.8, 4) is 5.75 Å². The summed E-state index contributed by atoms with van der Waals surface area (Å²) in [5, 5.41) is 3.47. The standard InChI is InChI=1S/C14H22N2O2/c1-17-12-6-4-11(5-7-12)14(9-15)16-10-13-3-2-8-18-13/h4-7,13-14,16H,2-3,8-10,15H2,1H3. The second-order valence-electron chi connectivity index (χ2n) is 4.60. The quantitative estimate of drug-likeness (QED) is 0.802. The summed E-state index contributed by atoms with van der Waals surface area (Å²) in [6.45, 7) is 2.34. The van der Waals surface area contributed by atoms with E-state index in [1.54, 1.807) is 7.11 Å². The van der Waals surface area contributed by atoms with Gasteiger partial charge < -0.3 is 20.5 Å². The van der Waals surface area contributed by atoms with E-state index in [-0.39, 0.29) is 6.04 Å². The lowest BCUT2D eigenvalue weighted by molar-refractivity contribution is 0.107. The molecule has 1 aliphatic rings. The average Bonchev–Trinajstić information content (AvgIpc) is 2.93. The number of ether oxygens (including phenoxy) is 2. The van der Waals surface area contributed by atoms with Crippen molar-refractivity contribution in [3.05, 3.63) is 29.8 Å². The minimum absolute atomic E-state index is 0.181. The van der Waals surface area contributed by atoms with Crippen molar-refractivity contribution in [3.63, 3.8) is 0 Å². The van der Waals surface area contributed by atoms with E-state index < -0.39 is 0 Å². The van der Waals surface area contributed by atoms with E-state index in [9.17, 15) is 0 Å². The molecule has 1 aromatic carbocycles. The van der Waals surface area contributed by atoms with Crippen molar-refractivity contribution >= 4 is 0 Å². The highest BCUT2D eigenvalue weighted by Gasteiger charge is 2.17. The highest BCUT2D eigenvalue weighted by Crippen LogP contribution is 2.18. The normalized spacial score (nSPS) is 20.9. The molecule has 1 heterocycles. The molecular weight excluding hydrogens is 228 g/mol. The lowest BCUT2D eigenvalue weighted by atomic mass is 10.1. The van der Waals surface area contributed by atoms with Gasteiger partial charge in [-0.1, -0.05) is 12.1 Å². The molecule has 2 unspecified atom stereocenters. The maximum Gasteiger partial charge on any atom is 0.118 e. The fraction of sp³-hybridized carbons (Fsp3) is 0.571. The Morgan fingerprint density at radius 2 is 2.22 bits per heavy atom. The number of nitrogens with two attached hydrogens (primary N) is 1. The Kier molecular flexibility index (Phi) is 4.99. The number of hydrogen-bond acceptors (Lipinski definition) is 4. The zero-order valence-corrected chi connectivity index (χ0v) is 10.9. The van der Waals surface area contributed by atoms with Gasteiger partial charge in [0.25, 0.3) is 0 Å². The van der Waals surface area contributed by atoms with Crippen LogP contribution in [0.2, 0.25) is 0 Å². The molecule has 0 aromatic heterocycles. The summed E-state index contributed by atoms with van der Waals surface area (Å²) in [6.07, 6.45) is 2.66. The molecule has 18 heavy (non-hydrogen) atoms. The zero-order valence-electron chi connectivity index (χ0n) is 10.9. The summed E-state index contributed by atoms with van der Waals surface area (Å²) in [7, 11) is 1.67. The van der Waals surface area contributed by atoms with E-state index in [2.05, 4.69) is 17.4 Å². The van der Waals surface area contributed by atoms with Crippen LogP contribution >= 0.6 is 0 Å². The number of hydrogen-bond donors (Lipinski definition) is 2. The third-order valence-corrected chi connectivity index (χ3v) is 3.37. The number of methoxy groups -OCH3 is 1. The van der Waals surface area contributed by atoms with E-state index in [4.69, 9.17) is 15.2 Å². The highest BCUT2D eigenvalue weighted by molar-refractivity contribution is 5.29. The van der Waals surface area contributed by atoms with Crippen LogP contribution in [0, 0.1) is 0 Å². The van der Waals surface area contributed by atoms with Gasteiger partial charge in [-0.2, -0.15) is 0 Å². The maximum atomic E-state index is 5.83. The molecule has 0 amide bonds. The molecule has 1 aromatic rings. The van der Waals surface area contributed by atoms with Gasteiger partial charge in [0, 0.05) is 25.7 Å². The zero-order chi connectivity index (χ0) is 12.8. The molecule has 2 atom stereocenters. The van der Waals surface area contributed by atoms with E-state index in [1.165, 1.54) is 12.0 Å². The predicted octanol–water partition coefficient (Wildman–Crippen LogP) is 1.46. The topological polar surface area (TPSA) is 56.5 Å². The monoisotopic (exact) mass is 250 g/mol. The molecule has 1 fully saturated rings. The van der Waals surface area contributed by atoms with Gasteiger partial charge in [-0.25, -0.2) is 0 Å². The summed E-state index contributed by atoms with van der Waals surface area (Å²) in [5.41, 5.74) is 7.02. The largest absolute Gasteiger partial charge is 0.497 e. The third-order valence-electron chi connectivity index (χ3n) is 3.37. The van der Waals surface area contributed by atoms with Crippen LogP contribution in [0.15, 0.2) is 24.3 Å². The summed E-state index contributed by atoms with van der Waals surface area (Å²) in [5.74, 6) is 0.869. The third kappa shape index (κ3) is 3.45. The number of benzene rings is 1. The van der Waals surface area contributed by atoms with Crippen molar-refractivity contribution in [1.29, 1.82) is 0 Å². The van der Waals surface area contributed by atoms with Gasteiger partial charge in [0.15, 0.2) is 0 Å². The smallest absolute Gasteiger partial charge is 0.118 e. The lowest BCUT2D eigenvalue weighted by Gasteiger charge is -2.20. The Balaban J connectivity index is 1.89. The van der Waals surface area contributed by atoms with Gasteiger partial charge in [0.05, 0.1) is 13.2 Å². The summed E-state index contributed by atoms with van der Waals surface area (Å²) in [6, 6.07) is 8.22. The van der Waals surface area contributed by atoms with Crippen molar-refractivity contribution in [1.82, 2.24) is 5.32 Å². The summed E-state index contributed by atoms with van der Waals surface area (Å²) < 4.78 is 10.7. The Morgan fingerprint density at radius 1 is 1.44 bits per heavy atom. The molecule has 1 saturated heterocycles. The van der Waals surface area contributed by atoms with Crippen LogP contribution in [-0.4, -0.2) is 32.9 Å². The van der Waals surface area contributed by atoms with Crippen LogP contribution in [-0.2, 0) is 4.74 Å². The Labute approximate surface area is 108 Å². The Hall–Kier alpha value is -1.10. The molecule has 1 aliphatic heterocycles. The second kappa shape index (κ2) is 6.73. The average molecular weight is 250 g/mol. The van der Waals surface area contributed by atoms with E-state index in [0.29, 0.717) is 12.6 Å². The number of nitrogens with one attached hydrogen (secondary N) is 1. The molecule has 0 saturated carbocycles. The first-order valence-corrected chi connectivity index (χ1v) is 6.52. The van der Waals surface area contributed by atoms with Crippen molar-refractivity contribution < 1.29 is 9.47 Å². The summed E-state index contributed by atoms with van der Waals surface area (Å²) >= 11 is 0. The van der Waals surface area contributed by atoms with Gasteiger partial charge in [-0.05, 0) is 30.5 Å². The van der Waals surface area contributed by atoms with Crippen LogP contribution in [0.25, 0.3) is 0 Å². The van der Waals surface area contributed by atoms with Crippen molar-refractivity contribution in [2.75, 3.05) is 26.8 Å². The Morgan fingerprint density at radius 3 is 2.78 bits per heavy atom. The fourth-order valence-electron chi connectivity index (χ4n) is 2.25. The van der Waals surface area contributed by atoms with Crippen molar-refractivity contribution in [2.24, 2.45) is 5.73 Å². The van der Waals surface area contributed by atoms with Gasteiger partial charge >= 0.3 is 0 Å². The van der Waals surface area contributed by atoms with Gasteiger partial charge in [-0.15, -0.1) is 0 Å². The van der Waals surface area contributed by atoms with Gasteiger partial charge in [0.1, 0.15) is 5.75 Å². The number of rotatable bonds is 6. The first kappa shape index (κ1) is 13.3. The predicted molar refractivity (Wildman–Crippen MR) is 71.8 cm³/mol. The van der Waals surface area contributed by atoms with Gasteiger partial charge in [0.2, 0.25) is 0 Å². The van der Waals surface area contributed by atoms with Crippen LogP contribution in [0.3, 0.4) is 0 Å². The molecular formula is C14H22N2O2. The summed E-state index contributed by atoms with van der Waals surface area (Å²) in [4.78, 5) is 0. The van der Waals surface area contributed by atoms with Crippen LogP contribution in [0.4, 0.5) is 0 Å². The molecule has 0 bridgehead atoms. The van der Waals surface area contributed by atoms with E-state index in [0.717, 1.165) is 25.3 Å². The maximum absolute atomic E-state index is 5.83. The minimum Gasteiger partial charge on any atom is -0.497 e. The molecule has 0 spiro atoms. The molecule has 0 aliphatic carbocycles. The van der Waals surface area contributed by atoms with E-state index >= 15 is 0 Å². The minimum atomic E-state index is 0.181.